The third kappa shape index (κ3) is 4.03. The zero-order chi connectivity index (χ0) is 20.5. The number of carbonyl (C=O) groups is 2. The van der Waals surface area contributed by atoms with Crippen molar-refractivity contribution >= 4 is 52.5 Å². The molecule has 29 heavy (non-hydrogen) atoms. The normalized spacial score (nSPS) is 17.5. The van der Waals surface area contributed by atoms with Crippen LogP contribution in [0, 0.1) is 6.92 Å². The first kappa shape index (κ1) is 20.3. The van der Waals surface area contributed by atoms with Gasteiger partial charge in [-0.25, -0.2) is 4.90 Å². The molecule has 1 fully saturated rings. The van der Waals surface area contributed by atoms with Crippen LogP contribution >= 0.6 is 35.0 Å². The van der Waals surface area contributed by atoms with Crippen LogP contribution in [0.25, 0.3) is 0 Å². The molecule has 2 aliphatic heterocycles. The van der Waals surface area contributed by atoms with Gasteiger partial charge in [0, 0.05) is 23.0 Å². The molecule has 0 spiro atoms. The standard InChI is InChI=1S/C21H18Cl2N2O3S/c1-13-2-5-15(6-3-13)29-19-18(24-8-10-28-11-9-24)20(26)25(21(19)27)17-7-4-14(22)12-16(17)23/h2-7,12H,8-11H2,1H3. The van der Waals surface area contributed by atoms with E-state index < -0.39 is 0 Å². The Balaban J connectivity index is 1.75. The summed E-state index contributed by atoms with van der Waals surface area (Å²) in [5, 5.41) is 0.690. The van der Waals surface area contributed by atoms with Crippen molar-refractivity contribution in [1.29, 1.82) is 0 Å². The van der Waals surface area contributed by atoms with E-state index in [1.807, 2.05) is 36.1 Å². The maximum absolute atomic E-state index is 13.4. The number of thioether (sulfide) groups is 1. The zero-order valence-corrected chi connectivity index (χ0v) is 18.0. The number of anilines is 1. The minimum Gasteiger partial charge on any atom is -0.378 e. The Labute approximate surface area is 183 Å². The Morgan fingerprint density at radius 1 is 0.966 bits per heavy atom. The first-order valence-electron chi connectivity index (χ1n) is 9.11. The van der Waals surface area contributed by atoms with Crippen molar-refractivity contribution in [1.82, 2.24) is 4.90 Å². The minimum atomic E-state index is -0.383. The average molecular weight is 449 g/mol. The van der Waals surface area contributed by atoms with E-state index in [4.69, 9.17) is 27.9 Å². The van der Waals surface area contributed by atoms with Gasteiger partial charge in [0.1, 0.15) is 10.6 Å². The lowest BCUT2D eigenvalue weighted by molar-refractivity contribution is -0.121. The number of ether oxygens (including phenoxy) is 1. The molecule has 2 amide bonds. The third-order valence-electron chi connectivity index (χ3n) is 4.74. The number of morpholine rings is 1. The van der Waals surface area contributed by atoms with E-state index in [0.29, 0.717) is 47.6 Å². The van der Waals surface area contributed by atoms with Gasteiger partial charge in [0.2, 0.25) is 0 Å². The van der Waals surface area contributed by atoms with Gasteiger partial charge >= 0.3 is 0 Å². The molecule has 5 nitrogen and oxygen atoms in total. The van der Waals surface area contributed by atoms with Crippen LogP contribution in [0.5, 0.6) is 0 Å². The number of carbonyl (C=O) groups excluding carboxylic acids is 2. The van der Waals surface area contributed by atoms with Crippen molar-refractivity contribution in [3.63, 3.8) is 0 Å². The molecule has 0 bridgehead atoms. The quantitative estimate of drug-likeness (QED) is 0.643. The van der Waals surface area contributed by atoms with E-state index in [-0.39, 0.29) is 16.8 Å². The predicted molar refractivity (Wildman–Crippen MR) is 115 cm³/mol. The highest BCUT2D eigenvalue weighted by Crippen LogP contribution is 2.41. The van der Waals surface area contributed by atoms with Gasteiger partial charge < -0.3 is 9.64 Å². The molecule has 2 aliphatic rings. The van der Waals surface area contributed by atoms with Gasteiger partial charge in [0.05, 0.1) is 23.9 Å². The van der Waals surface area contributed by atoms with Crippen molar-refractivity contribution in [2.45, 2.75) is 11.8 Å². The molecule has 4 rings (SSSR count). The van der Waals surface area contributed by atoms with Gasteiger partial charge in [-0.3, -0.25) is 9.59 Å². The van der Waals surface area contributed by atoms with Gasteiger partial charge in [-0.05, 0) is 37.3 Å². The van der Waals surface area contributed by atoms with E-state index in [9.17, 15) is 9.59 Å². The number of hydrogen-bond acceptors (Lipinski definition) is 5. The molecule has 2 aromatic rings. The number of halogens is 2. The summed E-state index contributed by atoms with van der Waals surface area (Å²) in [6.07, 6.45) is 0. The molecule has 0 atom stereocenters. The highest BCUT2D eigenvalue weighted by atomic mass is 35.5. The van der Waals surface area contributed by atoms with Crippen LogP contribution < -0.4 is 4.90 Å². The summed E-state index contributed by atoms with van der Waals surface area (Å²) < 4.78 is 5.42. The fraction of sp³-hybridized carbons (Fsp3) is 0.238. The van der Waals surface area contributed by atoms with Crippen LogP contribution in [0.4, 0.5) is 5.69 Å². The monoisotopic (exact) mass is 448 g/mol. The summed E-state index contributed by atoms with van der Waals surface area (Å²) in [5.41, 5.74) is 1.85. The molecular formula is C21H18Cl2N2O3S. The van der Waals surface area contributed by atoms with E-state index in [1.165, 1.54) is 17.8 Å². The van der Waals surface area contributed by atoms with Crippen molar-refractivity contribution in [2.24, 2.45) is 0 Å². The molecule has 150 valence electrons. The smallest absolute Gasteiger partial charge is 0.283 e. The minimum absolute atomic E-state index is 0.252. The molecule has 0 N–H and O–H groups in total. The number of imide groups is 1. The zero-order valence-electron chi connectivity index (χ0n) is 15.7. The Morgan fingerprint density at radius 3 is 2.31 bits per heavy atom. The number of amides is 2. The summed E-state index contributed by atoms with van der Waals surface area (Å²) >= 11 is 13.6. The molecule has 0 saturated carbocycles. The number of benzene rings is 2. The summed E-state index contributed by atoms with van der Waals surface area (Å²) in [7, 11) is 0. The molecule has 2 heterocycles. The van der Waals surface area contributed by atoms with Crippen LogP contribution in [0.2, 0.25) is 10.0 Å². The first-order chi connectivity index (χ1) is 14.0. The SMILES string of the molecule is Cc1ccc(SC2=C(N3CCOCC3)C(=O)N(c3ccc(Cl)cc3Cl)C2=O)cc1. The number of rotatable bonds is 4. The Bertz CT molecular complexity index is 1000. The van der Waals surface area contributed by atoms with E-state index >= 15 is 0 Å². The van der Waals surface area contributed by atoms with Crippen molar-refractivity contribution in [2.75, 3.05) is 31.2 Å². The molecule has 0 aromatic heterocycles. The van der Waals surface area contributed by atoms with Crippen molar-refractivity contribution in [3.05, 3.63) is 68.7 Å². The summed E-state index contributed by atoms with van der Waals surface area (Å²) in [6, 6.07) is 12.6. The second-order valence-corrected chi connectivity index (χ2v) is 8.66. The Morgan fingerprint density at radius 2 is 1.66 bits per heavy atom. The van der Waals surface area contributed by atoms with Crippen LogP contribution in [-0.2, 0) is 14.3 Å². The van der Waals surface area contributed by atoms with Gasteiger partial charge in [-0.2, -0.15) is 0 Å². The highest BCUT2D eigenvalue weighted by molar-refractivity contribution is 8.04. The molecule has 1 saturated heterocycles. The van der Waals surface area contributed by atoms with Gasteiger partial charge in [0.15, 0.2) is 0 Å². The largest absolute Gasteiger partial charge is 0.378 e. The fourth-order valence-electron chi connectivity index (χ4n) is 3.26. The van der Waals surface area contributed by atoms with Gasteiger partial charge in [-0.15, -0.1) is 0 Å². The Hall–Kier alpha value is -1.99. The lowest BCUT2D eigenvalue weighted by Gasteiger charge is -2.29. The second-order valence-electron chi connectivity index (χ2n) is 6.73. The van der Waals surface area contributed by atoms with Crippen LogP contribution in [0.15, 0.2) is 58.0 Å². The Kier molecular flexibility index (Phi) is 5.88. The van der Waals surface area contributed by atoms with Crippen LogP contribution in [0.1, 0.15) is 5.56 Å². The van der Waals surface area contributed by atoms with E-state index in [1.54, 1.807) is 12.1 Å². The maximum atomic E-state index is 13.4. The predicted octanol–water partition coefficient (Wildman–Crippen LogP) is 4.51. The third-order valence-corrected chi connectivity index (χ3v) is 6.35. The summed E-state index contributed by atoms with van der Waals surface area (Å²) in [4.78, 5) is 31.1. The molecule has 0 radical (unpaired) electrons. The van der Waals surface area contributed by atoms with Crippen molar-refractivity contribution in [3.8, 4) is 0 Å². The average Bonchev–Trinajstić information content (AvgIpc) is 2.94. The van der Waals surface area contributed by atoms with Crippen LogP contribution in [-0.4, -0.2) is 43.0 Å². The fourth-order valence-corrected chi connectivity index (χ4v) is 4.75. The second kappa shape index (κ2) is 8.40. The first-order valence-corrected chi connectivity index (χ1v) is 10.7. The van der Waals surface area contributed by atoms with Gasteiger partial charge in [0.25, 0.3) is 11.8 Å². The number of aryl methyl sites for hydroxylation is 1. The van der Waals surface area contributed by atoms with Gasteiger partial charge in [-0.1, -0.05) is 52.7 Å². The van der Waals surface area contributed by atoms with E-state index in [2.05, 4.69) is 0 Å². The maximum Gasteiger partial charge on any atom is 0.283 e. The summed E-state index contributed by atoms with van der Waals surface area (Å²) in [6.45, 7) is 4.12. The lowest BCUT2D eigenvalue weighted by Crippen LogP contribution is -2.40. The number of nitrogens with zero attached hydrogens (tertiary/aromatic N) is 2. The molecule has 0 aliphatic carbocycles. The number of hydrogen-bond donors (Lipinski definition) is 0. The van der Waals surface area contributed by atoms with E-state index in [0.717, 1.165) is 15.4 Å². The molecular weight excluding hydrogens is 431 g/mol. The molecule has 2 aromatic carbocycles. The molecule has 0 unspecified atom stereocenters. The van der Waals surface area contributed by atoms with Crippen molar-refractivity contribution < 1.29 is 14.3 Å². The summed E-state index contributed by atoms with van der Waals surface area (Å²) in [5.74, 6) is -0.762. The molecule has 8 heteroatoms. The van der Waals surface area contributed by atoms with Crippen LogP contribution in [0.3, 0.4) is 0 Å². The topological polar surface area (TPSA) is 49.9 Å². The highest BCUT2D eigenvalue weighted by Gasteiger charge is 2.43. The lowest BCUT2D eigenvalue weighted by atomic mass is 10.2.